The number of esters is 2. The predicted octanol–water partition coefficient (Wildman–Crippen LogP) is 6.19. The van der Waals surface area contributed by atoms with Gasteiger partial charge in [0.1, 0.15) is 5.75 Å². The highest BCUT2D eigenvalue weighted by atomic mass is 19.4. The number of carbonyl (C=O) groups is 2. The Hall–Kier alpha value is -2.87. The van der Waals surface area contributed by atoms with Gasteiger partial charge in [0, 0.05) is 6.54 Å². The first-order valence-electron chi connectivity index (χ1n) is 12.6. The number of ether oxygens (including phenoxy) is 2. The topological polar surface area (TPSA) is 64.6 Å². The van der Waals surface area contributed by atoms with Crippen molar-refractivity contribution in [2.75, 3.05) is 19.7 Å². The zero-order chi connectivity index (χ0) is 26.1. The molecule has 0 heterocycles. The van der Waals surface area contributed by atoms with Gasteiger partial charge in [-0.2, -0.15) is 13.2 Å². The molecule has 0 bridgehead atoms. The molecule has 2 aromatic rings. The smallest absolute Gasteiger partial charge is 0.491 e. The first-order chi connectivity index (χ1) is 17.3. The lowest BCUT2D eigenvalue weighted by molar-refractivity contribution is -0.201. The maximum absolute atomic E-state index is 12.0. The minimum atomic E-state index is -5.16. The van der Waals surface area contributed by atoms with Crippen LogP contribution in [-0.4, -0.2) is 37.8 Å². The molecule has 0 saturated heterocycles. The van der Waals surface area contributed by atoms with Crippen LogP contribution in [0.2, 0.25) is 0 Å². The van der Waals surface area contributed by atoms with E-state index in [9.17, 15) is 22.8 Å². The van der Waals surface area contributed by atoms with E-state index in [1.165, 1.54) is 37.7 Å². The minimum Gasteiger partial charge on any atom is -0.494 e. The maximum atomic E-state index is 12.0. The fourth-order valence-electron chi connectivity index (χ4n) is 3.67. The molecule has 2 aromatic carbocycles. The highest BCUT2D eigenvalue weighted by Gasteiger charge is 2.42. The van der Waals surface area contributed by atoms with E-state index < -0.39 is 18.1 Å². The van der Waals surface area contributed by atoms with Gasteiger partial charge in [-0.1, -0.05) is 68.1 Å². The summed E-state index contributed by atoms with van der Waals surface area (Å²) >= 11 is 0. The fourth-order valence-corrected chi connectivity index (χ4v) is 3.67. The summed E-state index contributed by atoms with van der Waals surface area (Å²) < 4.78 is 45.6. The van der Waals surface area contributed by atoms with Crippen molar-refractivity contribution in [3.05, 3.63) is 65.7 Å². The third-order valence-electron chi connectivity index (χ3n) is 5.66. The van der Waals surface area contributed by atoms with Gasteiger partial charge in [-0.3, -0.25) is 4.79 Å². The summed E-state index contributed by atoms with van der Waals surface area (Å²) in [5.41, 5.74) is 2.56. The second-order valence-corrected chi connectivity index (χ2v) is 8.71. The molecular weight excluding hydrogens is 471 g/mol. The van der Waals surface area contributed by atoms with Crippen molar-refractivity contribution >= 4 is 11.9 Å². The van der Waals surface area contributed by atoms with E-state index in [1.807, 2.05) is 24.3 Å². The number of hydrogen-bond donors (Lipinski definition) is 1. The lowest BCUT2D eigenvalue weighted by atomic mass is 10.1. The Labute approximate surface area is 211 Å². The Morgan fingerprint density at radius 3 is 2.03 bits per heavy atom. The van der Waals surface area contributed by atoms with Gasteiger partial charge in [0.15, 0.2) is 0 Å². The van der Waals surface area contributed by atoms with E-state index in [0.29, 0.717) is 13.2 Å². The highest BCUT2D eigenvalue weighted by molar-refractivity contribution is 5.88. The molecule has 0 aliphatic heterocycles. The highest BCUT2D eigenvalue weighted by Crippen LogP contribution is 2.17. The molecule has 0 radical (unpaired) electrons. The monoisotopic (exact) mass is 507 g/mol. The molecule has 0 aliphatic carbocycles. The van der Waals surface area contributed by atoms with Gasteiger partial charge in [-0.05, 0) is 61.9 Å². The molecule has 2 rings (SSSR count). The van der Waals surface area contributed by atoms with E-state index in [-0.39, 0.29) is 13.0 Å². The third kappa shape index (κ3) is 13.3. The number of carbonyl (C=O) groups excluding carboxylic acids is 2. The van der Waals surface area contributed by atoms with Crippen LogP contribution in [0.3, 0.4) is 0 Å². The van der Waals surface area contributed by atoms with Gasteiger partial charge in [0.25, 0.3) is 0 Å². The Morgan fingerprint density at radius 1 is 0.722 bits per heavy atom. The second-order valence-electron chi connectivity index (χ2n) is 8.71. The Morgan fingerprint density at radius 2 is 1.33 bits per heavy atom. The van der Waals surface area contributed by atoms with Gasteiger partial charge >= 0.3 is 18.1 Å². The largest absolute Gasteiger partial charge is 0.494 e. The van der Waals surface area contributed by atoms with Gasteiger partial charge in [-0.25, -0.2) is 4.79 Å². The Balaban J connectivity index is 1.43. The first-order valence-corrected chi connectivity index (χ1v) is 12.6. The molecule has 0 aromatic heterocycles. The van der Waals surface area contributed by atoms with Crippen LogP contribution in [0, 0.1) is 0 Å². The maximum Gasteiger partial charge on any atom is 0.491 e. The Bertz CT molecular complexity index is 886. The van der Waals surface area contributed by atoms with E-state index in [2.05, 4.69) is 40.4 Å². The molecule has 5 nitrogen and oxygen atoms in total. The quantitative estimate of drug-likeness (QED) is 0.157. The second kappa shape index (κ2) is 16.7. The molecule has 198 valence electrons. The zero-order valence-electron chi connectivity index (χ0n) is 20.7. The minimum absolute atomic E-state index is 0.143. The number of halogens is 3. The number of aryl methyl sites for hydroxylation is 2. The standard InChI is InChI=1S/C28H36F3NO4/c29-28(30,31)27(34)36-26(33)19-21-32-20-10-14-24-15-17-25(18-16-24)35-22-9-4-2-1-3-6-11-23-12-7-5-8-13-23/h5,7-8,12-13,15-18,32H,1-4,6,9-11,14,19-22H2. The number of alkyl halides is 3. The van der Waals surface area contributed by atoms with Gasteiger partial charge in [0.05, 0.1) is 13.0 Å². The Kier molecular flexibility index (Phi) is 13.7. The van der Waals surface area contributed by atoms with Crippen LogP contribution in [0.1, 0.15) is 62.5 Å². The van der Waals surface area contributed by atoms with Gasteiger partial charge in [0.2, 0.25) is 0 Å². The van der Waals surface area contributed by atoms with E-state index in [0.717, 1.165) is 37.0 Å². The molecule has 0 atom stereocenters. The van der Waals surface area contributed by atoms with Crippen molar-refractivity contribution in [2.24, 2.45) is 0 Å². The normalized spacial score (nSPS) is 11.3. The summed E-state index contributed by atoms with van der Waals surface area (Å²) in [5, 5.41) is 2.96. The van der Waals surface area contributed by atoms with Crippen LogP contribution >= 0.6 is 0 Å². The number of unbranched alkanes of at least 4 members (excludes halogenated alkanes) is 5. The van der Waals surface area contributed by atoms with Crippen LogP contribution in [0.4, 0.5) is 13.2 Å². The molecule has 0 spiro atoms. The predicted molar refractivity (Wildman–Crippen MR) is 133 cm³/mol. The summed E-state index contributed by atoms with van der Waals surface area (Å²) in [6.45, 7) is 1.44. The van der Waals surface area contributed by atoms with Crippen molar-refractivity contribution < 1.29 is 32.2 Å². The molecule has 8 heteroatoms. The molecule has 1 N–H and O–H groups in total. The van der Waals surface area contributed by atoms with Crippen LogP contribution in [-0.2, 0) is 27.2 Å². The van der Waals surface area contributed by atoms with Crippen LogP contribution in [0.15, 0.2) is 54.6 Å². The van der Waals surface area contributed by atoms with E-state index >= 15 is 0 Å². The van der Waals surface area contributed by atoms with Crippen molar-refractivity contribution in [3.8, 4) is 5.75 Å². The van der Waals surface area contributed by atoms with Crippen LogP contribution in [0.5, 0.6) is 5.75 Å². The third-order valence-corrected chi connectivity index (χ3v) is 5.66. The summed E-state index contributed by atoms with van der Waals surface area (Å²) in [4.78, 5) is 21.8. The molecule has 36 heavy (non-hydrogen) atoms. The van der Waals surface area contributed by atoms with E-state index in [1.54, 1.807) is 0 Å². The molecule has 0 aliphatic rings. The first kappa shape index (κ1) is 29.4. The van der Waals surface area contributed by atoms with E-state index in [4.69, 9.17) is 4.74 Å². The molecule has 0 saturated carbocycles. The zero-order valence-corrected chi connectivity index (χ0v) is 20.7. The van der Waals surface area contributed by atoms with Crippen LogP contribution < -0.4 is 10.1 Å². The van der Waals surface area contributed by atoms with Crippen molar-refractivity contribution in [1.29, 1.82) is 0 Å². The molecular formula is C28H36F3NO4. The average Bonchev–Trinajstić information content (AvgIpc) is 2.86. The number of hydrogen-bond acceptors (Lipinski definition) is 5. The van der Waals surface area contributed by atoms with Gasteiger partial charge in [-0.15, -0.1) is 0 Å². The number of rotatable bonds is 17. The SMILES string of the molecule is O=C(CCNCCCc1ccc(OCCCCCCCCc2ccccc2)cc1)OC(=O)C(F)(F)F. The summed E-state index contributed by atoms with van der Waals surface area (Å²) in [6.07, 6.45) is 4.52. The molecule has 0 amide bonds. The molecule has 0 unspecified atom stereocenters. The molecule has 0 fully saturated rings. The van der Waals surface area contributed by atoms with Gasteiger partial charge < -0.3 is 14.8 Å². The summed E-state index contributed by atoms with van der Waals surface area (Å²) in [6, 6.07) is 18.6. The number of nitrogens with one attached hydrogen (secondary N) is 1. The average molecular weight is 508 g/mol. The summed E-state index contributed by atoms with van der Waals surface area (Å²) in [5.74, 6) is -2.82. The number of benzene rings is 2. The van der Waals surface area contributed by atoms with Crippen LogP contribution in [0.25, 0.3) is 0 Å². The fraction of sp³-hybridized carbons (Fsp3) is 0.500. The van der Waals surface area contributed by atoms with Crippen molar-refractivity contribution in [3.63, 3.8) is 0 Å². The lowest BCUT2D eigenvalue weighted by Crippen LogP contribution is -2.29. The summed E-state index contributed by atoms with van der Waals surface area (Å²) in [7, 11) is 0. The van der Waals surface area contributed by atoms with Crippen molar-refractivity contribution in [1.82, 2.24) is 5.32 Å². The van der Waals surface area contributed by atoms with Crippen molar-refractivity contribution in [2.45, 2.75) is 70.4 Å². The lowest BCUT2D eigenvalue weighted by Gasteiger charge is -2.08.